The number of hydrogen-bond acceptors (Lipinski definition) is 7. The Kier molecular flexibility index (Phi) is 7.96. The van der Waals surface area contributed by atoms with E-state index in [0.717, 1.165) is 51.4 Å². The van der Waals surface area contributed by atoms with Crippen molar-refractivity contribution in [1.82, 2.24) is 20.4 Å². The largest absolute Gasteiger partial charge is 0.489 e. The van der Waals surface area contributed by atoms with Gasteiger partial charge in [-0.1, -0.05) is 46.2 Å². The lowest BCUT2D eigenvalue weighted by Crippen LogP contribution is -2.74. The van der Waals surface area contributed by atoms with Crippen LogP contribution in [0, 0.1) is 22.2 Å². The smallest absolute Gasteiger partial charge is 0.272 e. The number of nitrogens with one attached hydrogen (secondary N) is 1. The van der Waals surface area contributed by atoms with Crippen molar-refractivity contribution in [2.24, 2.45) is 10.8 Å². The Balaban J connectivity index is 1.39. The SMILES string of the molecule is CCCN1CCCN(c2ccc(C(=O)NC3C(C)(C)C(Oc4ccc(C#N)c(Cl)c4)C3(C)C)nn2)CC1. The Morgan fingerprint density at radius 2 is 1.89 bits per heavy atom. The van der Waals surface area contributed by atoms with Crippen LogP contribution < -0.4 is 15.0 Å². The molecule has 2 heterocycles. The second kappa shape index (κ2) is 10.8. The van der Waals surface area contributed by atoms with Gasteiger partial charge in [-0.2, -0.15) is 5.26 Å². The molecule has 0 bridgehead atoms. The van der Waals surface area contributed by atoms with Crippen molar-refractivity contribution in [2.75, 3.05) is 37.6 Å². The van der Waals surface area contributed by atoms with E-state index in [2.05, 4.69) is 66.0 Å². The van der Waals surface area contributed by atoms with E-state index < -0.39 is 0 Å². The van der Waals surface area contributed by atoms with Crippen molar-refractivity contribution in [1.29, 1.82) is 5.26 Å². The van der Waals surface area contributed by atoms with Crippen LogP contribution in [0.4, 0.5) is 5.82 Å². The highest BCUT2D eigenvalue weighted by Gasteiger charge is 2.64. The van der Waals surface area contributed by atoms with E-state index in [1.807, 2.05) is 6.07 Å². The third kappa shape index (κ3) is 5.53. The molecule has 1 saturated heterocycles. The summed E-state index contributed by atoms with van der Waals surface area (Å²) in [5.41, 5.74) is 0.0286. The Morgan fingerprint density at radius 3 is 2.51 bits per heavy atom. The minimum absolute atomic E-state index is 0.136. The molecule has 0 unspecified atom stereocenters. The number of amides is 1. The average Bonchev–Trinajstić information content (AvgIpc) is 3.11. The van der Waals surface area contributed by atoms with Gasteiger partial charge in [-0.15, -0.1) is 10.2 Å². The Labute approximate surface area is 224 Å². The van der Waals surface area contributed by atoms with Crippen molar-refractivity contribution in [3.05, 3.63) is 46.6 Å². The second-order valence-corrected chi connectivity index (χ2v) is 11.7. The van der Waals surface area contributed by atoms with Gasteiger partial charge in [0.05, 0.1) is 10.6 Å². The van der Waals surface area contributed by atoms with Crippen molar-refractivity contribution in [2.45, 2.75) is 59.6 Å². The van der Waals surface area contributed by atoms with Crippen LogP contribution >= 0.6 is 11.6 Å². The first-order valence-corrected chi connectivity index (χ1v) is 13.4. The van der Waals surface area contributed by atoms with E-state index in [0.29, 0.717) is 22.0 Å². The topological polar surface area (TPSA) is 94.4 Å². The first-order chi connectivity index (χ1) is 17.6. The van der Waals surface area contributed by atoms with Crippen LogP contribution in [0.5, 0.6) is 5.75 Å². The molecule has 1 saturated carbocycles. The number of hydrogen-bond donors (Lipinski definition) is 1. The number of rotatable bonds is 7. The third-order valence-corrected chi connectivity index (χ3v) is 8.08. The molecule has 1 amide bonds. The Morgan fingerprint density at radius 1 is 1.14 bits per heavy atom. The summed E-state index contributed by atoms with van der Waals surface area (Å²) in [5, 5.41) is 21.3. The van der Waals surface area contributed by atoms with Gasteiger partial charge in [0.1, 0.15) is 17.9 Å². The zero-order valence-electron chi connectivity index (χ0n) is 22.4. The molecule has 198 valence electrons. The van der Waals surface area contributed by atoms with Crippen LogP contribution in [0.25, 0.3) is 0 Å². The highest BCUT2D eigenvalue weighted by Crippen LogP contribution is 2.55. The molecule has 9 heteroatoms. The molecule has 1 N–H and O–H groups in total. The van der Waals surface area contributed by atoms with Crippen LogP contribution in [0.1, 0.15) is 63.5 Å². The van der Waals surface area contributed by atoms with E-state index in [1.165, 1.54) is 0 Å². The van der Waals surface area contributed by atoms with Crippen LogP contribution in [0.3, 0.4) is 0 Å². The maximum atomic E-state index is 13.1. The molecule has 8 nitrogen and oxygen atoms in total. The number of nitrogens with zero attached hydrogens (tertiary/aromatic N) is 5. The van der Waals surface area contributed by atoms with Gasteiger partial charge in [-0.3, -0.25) is 4.79 Å². The minimum Gasteiger partial charge on any atom is -0.489 e. The van der Waals surface area contributed by atoms with E-state index in [4.69, 9.17) is 21.6 Å². The summed E-state index contributed by atoms with van der Waals surface area (Å²) in [5.74, 6) is 1.18. The van der Waals surface area contributed by atoms with Gasteiger partial charge in [-0.05, 0) is 50.2 Å². The van der Waals surface area contributed by atoms with Gasteiger partial charge < -0.3 is 19.9 Å². The molecule has 2 fully saturated rings. The Hall–Kier alpha value is -2.89. The zero-order valence-corrected chi connectivity index (χ0v) is 23.2. The van der Waals surface area contributed by atoms with E-state index in [1.54, 1.807) is 24.3 Å². The van der Waals surface area contributed by atoms with Crippen LogP contribution in [0.15, 0.2) is 30.3 Å². The number of halogens is 1. The number of carbonyl (C=O) groups excluding carboxylic acids is 1. The Bertz CT molecular complexity index is 1140. The molecule has 2 aromatic rings. The predicted molar refractivity (Wildman–Crippen MR) is 145 cm³/mol. The number of aromatic nitrogens is 2. The summed E-state index contributed by atoms with van der Waals surface area (Å²) >= 11 is 6.19. The van der Waals surface area contributed by atoms with Crippen molar-refractivity contribution >= 4 is 23.3 Å². The van der Waals surface area contributed by atoms with E-state index in [9.17, 15) is 4.79 Å². The molecule has 1 aliphatic carbocycles. The molecule has 4 rings (SSSR count). The number of ether oxygens (including phenoxy) is 1. The maximum Gasteiger partial charge on any atom is 0.272 e. The first kappa shape index (κ1) is 27.2. The molecule has 0 radical (unpaired) electrons. The quantitative estimate of drug-likeness (QED) is 0.568. The monoisotopic (exact) mass is 524 g/mol. The number of carbonyl (C=O) groups is 1. The zero-order chi connectivity index (χ0) is 26.8. The summed E-state index contributed by atoms with van der Waals surface area (Å²) in [6.45, 7) is 15.6. The number of anilines is 1. The van der Waals surface area contributed by atoms with Crippen molar-refractivity contribution in [3.8, 4) is 11.8 Å². The molecular formula is C28H37ClN6O2. The second-order valence-electron chi connectivity index (χ2n) is 11.3. The van der Waals surface area contributed by atoms with Crippen LogP contribution in [0.2, 0.25) is 5.02 Å². The first-order valence-electron chi connectivity index (χ1n) is 13.1. The van der Waals surface area contributed by atoms with Gasteiger partial charge in [0.15, 0.2) is 11.5 Å². The van der Waals surface area contributed by atoms with Gasteiger partial charge >= 0.3 is 0 Å². The average molecular weight is 525 g/mol. The van der Waals surface area contributed by atoms with E-state index in [-0.39, 0.29) is 28.9 Å². The third-order valence-electron chi connectivity index (χ3n) is 7.77. The number of nitriles is 1. The molecule has 0 atom stereocenters. The number of benzene rings is 1. The van der Waals surface area contributed by atoms with Crippen molar-refractivity contribution < 1.29 is 9.53 Å². The van der Waals surface area contributed by atoms with Gasteiger partial charge in [0.2, 0.25) is 0 Å². The standard InChI is InChI=1S/C28H37ClN6O2/c1-6-12-34-13-7-14-35(16-15-34)23-11-10-22(32-33-23)24(36)31-25-27(2,3)26(28(25,4)5)37-20-9-8-19(18-30)21(29)17-20/h8-11,17,25-26H,6-7,12-16H2,1-5H3,(H,31,36). The fourth-order valence-electron chi connectivity index (χ4n) is 6.16. The van der Waals surface area contributed by atoms with E-state index >= 15 is 0 Å². The highest BCUT2D eigenvalue weighted by molar-refractivity contribution is 6.31. The van der Waals surface area contributed by atoms with Gasteiger partial charge in [0.25, 0.3) is 5.91 Å². The summed E-state index contributed by atoms with van der Waals surface area (Å²) in [7, 11) is 0. The summed E-state index contributed by atoms with van der Waals surface area (Å²) < 4.78 is 6.31. The van der Waals surface area contributed by atoms with Crippen LogP contribution in [-0.4, -0.2) is 65.9 Å². The molecule has 37 heavy (non-hydrogen) atoms. The fourth-order valence-corrected chi connectivity index (χ4v) is 6.37. The molecule has 1 aliphatic heterocycles. The lowest BCUT2D eigenvalue weighted by Gasteiger charge is -2.63. The summed E-state index contributed by atoms with van der Waals surface area (Å²) in [4.78, 5) is 17.9. The van der Waals surface area contributed by atoms with Crippen molar-refractivity contribution in [3.63, 3.8) is 0 Å². The summed E-state index contributed by atoms with van der Waals surface area (Å²) in [6.07, 6.45) is 2.08. The normalized spacial score (nSPS) is 22.9. The summed E-state index contributed by atoms with van der Waals surface area (Å²) in [6, 6.07) is 10.7. The molecular weight excluding hydrogens is 488 g/mol. The lowest BCUT2D eigenvalue weighted by molar-refractivity contribution is -0.164. The highest BCUT2D eigenvalue weighted by atomic mass is 35.5. The molecule has 1 aromatic carbocycles. The fraction of sp³-hybridized carbons (Fsp3) is 0.571. The minimum atomic E-state index is -0.344. The molecule has 1 aromatic heterocycles. The molecule has 0 spiro atoms. The van der Waals surface area contributed by atoms with Gasteiger partial charge in [0, 0.05) is 42.6 Å². The maximum absolute atomic E-state index is 13.1. The van der Waals surface area contributed by atoms with Gasteiger partial charge in [-0.25, -0.2) is 0 Å². The van der Waals surface area contributed by atoms with Crippen LogP contribution in [-0.2, 0) is 0 Å². The lowest BCUT2D eigenvalue weighted by atomic mass is 9.49. The molecule has 2 aliphatic rings. The predicted octanol–water partition coefficient (Wildman–Crippen LogP) is 4.54.